The van der Waals surface area contributed by atoms with E-state index in [1.54, 1.807) is 13.0 Å². The Balaban J connectivity index is 3.84. The van der Waals surface area contributed by atoms with Crippen LogP contribution in [-0.4, -0.2) is 11.2 Å². The lowest BCUT2D eigenvalue weighted by Crippen LogP contribution is -1.90. The lowest BCUT2D eigenvalue weighted by Gasteiger charge is -1.97. The van der Waals surface area contributed by atoms with E-state index in [0.717, 1.165) is 12.8 Å². The minimum atomic E-state index is -0.350. The van der Waals surface area contributed by atoms with Gasteiger partial charge in [0, 0.05) is 0 Å². The topological polar surface area (TPSA) is 20.2 Å². The first kappa shape index (κ1) is 13.2. The summed E-state index contributed by atoms with van der Waals surface area (Å²) >= 11 is 0. The average molecular weight is 194 g/mol. The number of aliphatic hydroxyl groups is 1. The van der Waals surface area contributed by atoms with E-state index in [-0.39, 0.29) is 6.10 Å². The van der Waals surface area contributed by atoms with Gasteiger partial charge in [-0.3, -0.25) is 0 Å². The van der Waals surface area contributed by atoms with Crippen molar-refractivity contribution in [2.45, 2.75) is 46.6 Å². The molecule has 0 aromatic heterocycles. The van der Waals surface area contributed by atoms with E-state index in [1.165, 1.54) is 11.1 Å². The zero-order valence-corrected chi connectivity index (χ0v) is 9.75. The Morgan fingerprint density at radius 1 is 1.29 bits per heavy atom. The van der Waals surface area contributed by atoms with Crippen LogP contribution in [0.15, 0.2) is 35.5 Å². The van der Waals surface area contributed by atoms with Gasteiger partial charge >= 0.3 is 0 Å². The van der Waals surface area contributed by atoms with Gasteiger partial charge in [-0.05, 0) is 40.5 Å². The molecule has 1 nitrogen and oxygen atoms in total. The van der Waals surface area contributed by atoms with E-state index in [2.05, 4.69) is 32.9 Å². The molecule has 0 amide bonds. The van der Waals surface area contributed by atoms with Crippen molar-refractivity contribution in [3.05, 3.63) is 35.5 Å². The lowest BCUT2D eigenvalue weighted by molar-refractivity contribution is 0.244. The van der Waals surface area contributed by atoms with Crippen LogP contribution in [0.3, 0.4) is 0 Å². The fraction of sp³-hybridized carbons (Fsp3) is 0.538. The standard InChI is InChI=1S/C13H22O/c1-11(2)7-5-8-12(3)9-6-10-13(4)14/h6-7,9-10,13-14H,5,8H2,1-4H3. The van der Waals surface area contributed by atoms with Crippen LogP contribution < -0.4 is 0 Å². The summed E-state index contributed by atoms with van der Waals surface area (Å²) in [6.07, 6.45) is 9.85. The molecule has 0 saturated heterocycles. The quantitative estimate of drug-likeness (QED) is 0.523. The molecule has 1 heteroatoms. The van der Waals surface area contributed by atoms with E-state index < -0.39 is 0 Å². The Hall–Kier alpha value is -0.820. The molecule has 0 aliphatic rings. The van der Waals surface area contributed by atoms with Crippen LogP contribution in [0.1, 0.15) is 40.5 Å². The first-order chi connectivity index (χ1) is 6.52. The SMILES string of the molecule is CC(C)=CCCC(C)=CC=CC(C)O. The van der Waals surface area contributed by atoms with Crippen molar-refractivity contribution in [2.75, 3.05) is 0 Å². The zero-order chi connectivity index (χ0) is 11.0. The molecule has 80 valence electrons. The molecule has 1 unspecified atom stereocenters. The molecule has 0 aliphatic heterocycles. The normalized spacial score (nSPS) is 14.5. The summed E-state index contributed by atoms with van der Waals surface area (Å²) in [7, 11) is 0. The van der Waals surface area contributed by atoms with Crippen LogP contribution in [0.25, 0.3) is 0 Å². The zero-order valence-electron chi connectivity index (χ0n) is 9.75. The maximum absolute atomic E-state index is 8.99. The third-order valence-electron chi connectivity index (χ3n) is 1.86. The third kappa shape index (κ3) is 9.27. The van der Waals surface area contributed by atoms with Crippen LogP contribution in [-0.2, 0) is 0 Å². The highest BCUT2D eigenvalue weighted by Crippen LogP contribution is 2.06. The van der Waals surface area contributed by atoms with Crippen LogP contribution in [0, 0.1) is 0 Å². The van der Waals surface area contributed by atoms with E-state index in [9.17, 15) is 0 Å². The first-order valence-corrected chi connectivity index (χ1v) is 5.17. The van der Waals surface area contributed by atoms with Crippen molar-refractivity contribution < 1.29 is 5.11 Å². The van der Waals surface area contributed by atoms with Gasteiger partial charge in [-0.25, -0.2) is 0 Å². The largest absolute Gasteiger partial charge is 0.389 e. The van der Waals surface area contributed by atoms with Crippen molar-refractivity contribution in [3.63, 3.8) is 0 Å². The van der Waals surface area contributed by atoms with Crippen molar-refractivity contribution in [3.8, 4) is 0 Å². The molecule has 0 heterocycles. The molecule has 0 spiro atoms. The first-order valence-electron chi connectivity index (χ1n) is 5.17. The van der Waals surface area contributed by atoms with Crippen molar-refractivity contribution in [1.82, 2.24) is 0 Å². The maximum atomic E-state index is 8.99. The van der Waals surface area contributed by atoms with Crippen molar-refractivity contribution >= 4 is 0 Å². The van der Waals surface area contributed by atoms with E-state index in [0.29, 0.717) is 0 Å². The second-order valence-corrected chi connectivity index (χ2v) is 3.96. The highest BCUT2D eigenvalue weighted by Gasteiger charge is 1.87. The minimum absolute atomic E-state index is 0.350. The highest BCUT2D eigenvalue weighted by molar-refractivity contribution is 5.12. The molecule has 1 atom stereocenters. The molecule has 0 aliphatic carbocycles. The monoisotopic (exact) mass is 194 g/mol. The van der Waals surface area contributed by atoms with Gasteiger partial charge in [-0.15, -0.1) is 0 Å². The van der Waals surface area contributed by atoms with E-state index >= 15 is 0 Å². The molecular formula is C13H22O. The predicted octanol–water partition coefficient (Wildman–Crippen LogP) is 3.62. The number of hydrogen-bond acceptors (Lipinski definition) is 1. The summed E-state index contributed by atoms with van der Waals surface area (Å²) in [4.78, 5) is 0. The number of hydrogen-bond donors (Lipinski definition) is 1. The molecular weight excluding hydrogens is 172 g/mol. The Morgan fingerprint density at radius 3 is 2.43 bits per heavy atom. The molecule has 0 bridgehead atoms. The molecule has 0 fully saturated rings. The fourth-order valence-corrected chi connectivity index (χ4v) is 1.05. The average Bonchev–Trinajstić information content (AvgIpc) is 2.02. The smallest absolute Gasteiger partial charge is 0.0695 e. The van der Waals surface area contributed by atoms with Crippen LogP contribution in [0.2, 0.25) is 0 Å². The summed E-state index contributed by atoms with van der Waals surface area (Å²) in [5.41, 5.74) is 2.72. The van der Waals surface area contributed by atoms with Gasteiger partial charge in [0.05, 0.1) is 6.10 Å². The Morgan fingerprint density at radius 2 is 1.93 bits per heavy atom. The van der Waals surface area contributed by atoms with Gasteiger partial charge in [0.2, 0.25) is 0 Å². The highest BCUT2D eigenvalue weighted by atomic mass is 16.3. The second kappa shape index (κ2) is 7.57. The summed E-state index contributed by atoms with van der Waals surface area (Å²) < 4.78 is 0. The van der Waals surface area contributed by atoms with Gasteiger partial charge in [0.25, 0.3) is 0 Å². The molecule has 0 radical (unpaired) electrons. The molecule has 14 heavy (non-hydrogen) atoms. The van der Waals surface area contributed by atoms with Crippen LogP contribution in [0.5, 0.6) is 0 Å². The summed E-state index contributed by atoms with van der Waals surface area (Å²) in [5, 5.41) is 8.99. The van der Waals surface area contributed by atoms with Crippen LogP contribution >= 0.6 is 0 Å². The predicted molar refractivity (Wildman–Crippen MR) is 63.2 cm³/mol. The number of rotatable bonds is 5. The minimum Gasteiger partial charge on any atom is -0.389 e. The van der Waals surface area contributed by atoms with E-state index in [1.807, 2.05) is 6.08 Å². The molecule has 0 aromatic rings. The van der Waals surface area contributed by atoms with Gasteiger partial charge in [-0.1, -0.05) is 35.5 Å². The number of aliphatic hydroxyl groups excluding tert-OH is 1. The van der Waals surface area contributed by atoms with Gasteiger partial charge in [0.1, 0.15) is 0 Å². The summed E-state index contributed by atoms with van der Waals surface area (Å²) in [6.45, 7) is 8.10. The van der Waals surface area contributed by atoms with E-state index in [4.69, 9.17) is 5.11 Å². The Bertz CT molecular complexity index is 228. The summed E-state index contributed by atoms with van der Waals surface area (Å²) in [6, 6.07) is 0. The van der Waals surface area contributed by atoms with Crippen molar-refractivity contribution in [2.24, 2.45) is 0 Å². The fourth-order valence-electron chi connectivity index (χ4n) is 1.05. The van der Waals surface area contributed by atoms with Gasteiger partial charge in [0.15, 0.2) is 0 Å². The third-order valence-corrected chi connectivity index (χ3v) is 1.86. The summed E-state index contributed by atoms with van der Waals surface area (Å²) in [5.74, 6) is 0. The van der Waals surface area contributed by atoms with Gasteiger partial charge < -0.3 is 5.11 Å². The van der Waals surface area contributed by atoms with Crippen molar-refractivity contribution in [1.29, 1.82) is 0 Å². The lowest BCUT2D eigenvalue weighted by atomic mass is 10.1. The van der Waals surface area contributed by atoms with Crippen LogP contribution in [0.4, 0.5) is 0 Å². The molecule has 1 N–H and O–H groups in total. The molecule has 0 aromatic carbocycles. The molecule has 0 rings (SSSR count). The maximum Gasteiger partial charge on any atom is 0.0695 e. The molecule has 0 saturated carbocycles. The van der Waals surface area contributed by atoms with Gasteiger partial charge in [-0.2, -0.15) is 0 Å². The Kier molecular flexibility index (Phi) is 7.13. The second-order valence-electron chi connectivity index (χ2n) is 3.96. The Labute approximate surface area is 87.8 Å². The number of allylic oxidation sites excluding steroid dienone is 5.